The lowest BCUT2D eigenvalue weighted by Gasteiger charge is -2.22. The second kappa shape index (κ2) is 10.1. The van der Waals surface area contributed by atoms with Crippen molar-refractivity contribution in [2.24, 2.45) is 11.8 Å². The summed E-state index contributed by atoms with van der Waals surface area (Å²) >= 11 is 0. The number of carboxylic acids is 1. The van der Waals surface area contributed by atoms with Crippen LogP contribution in [0.3, 0.4) is 0 Å². The Hall–Kier alpha value is -1.84. The molecular formula is C22H33NO5. The van der Waals surface area contributed by atoms with Gasteiger partial charge < -0.3 is 20.1 Å². The Morgan fingerprint density at radius 1 is 1.39 bits per heavy atom. The molecule has 0 aromatic carbocycles. The normalized spacial score (nSPS) is 30.5. The molecule has 3 N–H and O–H groups in total. The number of ether oxygens (including phenoxy) is 1. The van der Waals surface area contributed by atoms with Gasteiger partial charge in [-0.3, -0.25) is 4.79 Å². The minimum absolute atomic E-state index is 0.0351. The van der Waals surface area contributed by atoms with Crippen LogP contribution in [0.25, 0.3) is 0 Å². The number of unbranched alkanes of at least 4 members (excludes halogenated alkanes) is 1. The van der Waals surface area contributed by atoms with Crippen LogP contribution in [0.5, 0.6) is 0 Å². The third kappa shape index (κ3) is 6.08. The number of nitriles is 1. The summed E-state index contributed by atoms with van der Waals surface area (Å²) in [4.78, 5) is 10.7. The van der Waals surface area contributed by atoms with Crippen LogP contribution in [-0.4, -0.2) is 39.1 Å². The molecule has 1 saturated carbocycles. The Balaban J connectivity index is 1.98. The van der Waals surface area contributed by atoms with Crippen molar-refractivity contribution >= 4 is 5.97 Å². The molecule has 1 unspecified atom stereocenters. The first-order chi connectivity index (χ1) is 13.3. The fraction of sp³-hybridized carbons (Fsp3) is 0.727. The molecule has 1 saturated heterocycles. The number of hydrogen-bond donors (Lipinski definition) is 3. The van der Waals surface area contributed by atoms with Gasteiger partial charge in [-0.2, -0.15) is 5.26 Å². The van der Waals surface area contributed by atoms with Crippen LogP contribution in [0.1, 0.15) is 71.6 Å². The number of fused-ring (bicyclic) bond motifs is 1. The van der Waals surface area contributed by atoms with E-state index in [1.807, 2.05) is 19.1 Å². The molecule has 156 valence electrons. The number of nitrogens with zero attached hydrogens (tertiary/aromatic N) is 1. The highest BCUT2D eigenvalue weighted by Crippen LogP contribution is 2.46. The van der Waals surface area contributed by atoms with Crippen LogP contribution < -0.4 is 0 Å². The first-order valence-corrected chi connectivity index (χ1v) is 10.3. The molecule has 1 aliphatic heterocycles. The average Bonchev–Trinajstić information content (AvgIpc) is 3.15. The number of aliphatic hydroxyl groups excluding tert-OH is 1. The third-order valence-corrected chi connectivity index (χ3v) is 5.88. The number of carbonyl (C=O) groups is 1. The van der Waals surface area contributed by atoms with Gasteiger partial charge in [0, 0.05) is 31.1 Å². The van der Waals surface area contributed by atoms with E-state index in [0.29, 0.717) is 43.4 Å². The van der Waals surface area contributed by atoms with Gasteiger partial charge in [0.1, 0.15) is 11.9 Å². The topological polar surface area (TPSA) is 111 Å². The minimum Gasteiger partial charge on any atom is -0.493 e. The van der Waals surface area contributed by atoms with Gasteiger partial charge in [0.05, 0.1) is 23.3 Å². The van der Waals surface area contributed by atoms with Crippen molar-refractivity contribution in [2.45, 2.75) is 89.4 Å². The molecule has 2 fully saturated rings. The SMILES string of the molecule is CCCCC(C)(O)C/C=C/[C@@H]1[C@H]2C/C(=C(/C#N)CCCC(=O)O)O[C@H]2C[C@H]1O. The van der Waals surface area contributed by atoms with Crippen molar-refractivity contribution in [3.63, 3.8) is 0 Å². The molecule has 6 nitrogen and oxygen atoms in total. The predicted octanol–water partition coefficient (Wildman–Crippen LogP) is 3.69. The van der Waals surface area contributed by atoms with E-state index in [0.717, 1.165) is 19.3 Å². The second-order valence-electron chi connectivity index (χ2n) is 8.40. The lowest BCUT2D eigenvalue weighted by molar-refractivity contribution is -0.137. The summed E-state index contributed by atoms with van der Waals surface area (Å²) in [5, 5.41) is 39.0. The van der Waals surface area contributed by atoms with E-state index in [9.17, 15) is 20.3 Å². The molecule has 2 aliphatic rings. The first-order valence-electron chi connectivity index (χ1n) is 10.3. The summed E-state index contributed by atoms with van der Waals surface area (Å²) in [7, 11) is 0. The van der Waals surface area contributed by atoms with Crippen LogP contribution in [0, 0.1) is 23.2 Å². The zero-order valence-electron chi connectivity index (χ0n) is 16.9. The highest BCUT2D eigenvalue weighted by atomic mass is 16.5. The van der Waals surface area contributed by atoms with Crippen molar-refractivity contribution in [1.29, 1.82) is 5.26 Å². The lowest BCUT2D eigenvalue weighted by atomic mass is 9.88. The van der Waals surface area contributed by atoms with E-state index in [2.05, 4.69) is 13.0 Å². The Morgan fingerprint density at radius 2 is 2.14 bits per heavy atom. The van der Waals surface area contributed by atoms with Gasteiger partial charge in [-0.25, -0.2) is 0 Å². The van der Waals surface area contributed by atoms with Crippen molar-refractivity contribution in [3.05, 3.63) is 23.5 Å². The molecule has 28 heavy (non-hydrogen) atoms. The zero-order valence-corrected chi connectivity index (χ0v) is 16.9. The molecule has 6 heteroatoms. The highest BCUT2D eigenvalue weighted by Gasteiger charge is 2.47. The zero-order chi connectivity index (χ0) is 20.7. The maximum atomic E-state index is 10.7. The molecule has 1 heterocycles. The third-order valence-electron chi connectivity index (χ3n) is 5.88. The maximum Gasteiger partial charge on any atom is 0.303 e. The van der Waals surface area contributed by atoms with Crippen LogP contribution in [0.4, 0.5) is 0 Å². The van der Waals surface area contributed by atoms with Crippen LogP contribution >= 0.6 is 0 Å². The van der Waals surface area contributed by atoms with Gasteiger partial charge >= 0.3 is 5.97 Å². The lowest BCUT2D eigenvalue weighted by Crippen LogP contribution is -2.23. The van der Waals surface area contributed by atoms with Crippen LogP contribution in [0.15, 0.2) is 23.5 Å². The summed E-state index contributed by atoms with van der Waals surface area (Å²) in [6.07, 6.45) is 8.69. The maximum absolute atomic E-state index is 10.7. The molecule has 0 aromatic heterocycles. The largest absolute Gasteiger partial charge is 0.493 e. The number of allylic oxidation sites excluding steroid dienone is 2. The van der Waals surface area contributed by atoms with Crippen molar-refractivity contribution in [1.82, 2.24) is 0 Å². The molecule has 1 aliphatic carbocycles. The van der Waals surface area contributed by atoms with Gasteiger partial charge in [-0.15, -0.1) is 0 Å². The van der Waals surface area contributed by atoms with Crippen LogP contribution in [-0.2, 0) is 9.53 Å². The fourth-order valence-corrected chi connectivity index (χ4v) is 4.23. The van der Waals surface area contributed by atoms with E-state index in [4.69, 9.17) is 9.84 Å². The molecule has 5 atom stereocenters. The summed E-state index contributed by atoms with van der Waals surface area (Å²) in [6, 6.07) is 2.16. The van der Waals surface area contributed by atoms with Gasteiger partial charge in [0.25, 0.3) is 0 Å². The second-order valence-corrected chi connectivity index (χ2v) is 8.40. The van der Waals surface area contributed by atoms with Gasteiger partial charge in [0.2, 0.25) is 0 Å². The van der Waals surface area contributed by atoms with E-state index < -0.39 is 17.7 Å². The first kappa shape index (κ1) is 22.4. The Labute approximate surface area is 167 Å². The van der Waals surface area contributed by atoms with Gasteiger partial charge in [0.15, 0.2) is 0 Å². The Bertz CT molecular complexity index is 646. The molecule has 0 radical (unpaired) electrons. The molecule has 2 rings (SSSR count). The molecule has 0 spiro atoms. The number of aliphatic carboxylic acids is 1. The standard InChI is InChI=1S/C22H33NO5/c1-3-4-10-22(2,27)11-6-8-16-17-12-19(28-20(17)13-18(16)24)15(14-23)7-5-9-21(25)26/h6,8,16-18,20,24,27H,3-5,7,9-13H2,1-2H3,(H,25,26)/b8-6+,19-15-/t16-,17-,18-,20+,22?/m1/s1. The summed E-state index contributed by atoms with van der Waals surface area (Å²) < 4.78 is 5.96. The van der Waals surface area contributed by atoms with Crippen molar-refractivity contribution in [2.75, 3.05) is 0 Å². The highest BCUT2D eigenvalue weighted by molar-refractivity contribution is 5.66. The quantitative estimate of drug-likeness (QED) is 0.387. The van der Waals surface area contributed by atoms with E-state index in [1.54, 1.807) is 0 Å². The van der Waals surface area contributed by atoms with Gasteiger partial charge in [-0.1, -0.05) is 31.9 Å². The number of hydrogen-bond acceptors (Lipinski definition) is 5. The predicted molar refractivity (Wildman–Crippen MR) is 105 cm³/mol. The summed E-state index contributed by atoms with van der Waals surface area (Å²) in [5.41, 5.74) is -0.208. The monoisotopic (exact) mass is 391 g/mol. The van der Waals surface area contributed by atoms with Crippen molar-refractivity contribution in [3.8, 4) is 6.07 Å². The van der Waals surface area contributed by atoms with E-state index in [1.165, 1.54) is 0 Å². The van der Waals surface area contributed by atoms with E-state index >= 15 is 0 Å². The molecular weight excluding hydrogens is 358 g/mol. The number of carboxylic acid groups (broad SMARTS) is 1. The smallest absolute Gasteiger partial charge is 0.303 e. The Morgan fingerprint density at radius 3 is 2.79 bits per heavy atom. The van der Waals surface area contributed by atoms with E-state index in [-0.39, 0.29) is 24.4 Å². The summed E-state index contributed by atoms with van der Waals surface area (Å²) in [5.74, 6) is -0.147. The molecule has 0 bridgehead atoms. The molecule has 0 amide bonds. The van der Waals surface area contributed by atoms with Gasteiger partial charge in [-0.05, 0) is 32.6 Å². The number of aliphatic hydroxyl groups is 2. The fourth-order valence-electron chi connectivity index (χ4n) is 4.23. The minimum atomic E-state index is -0.866. The molecule has 0 aromatic rings. The Kier molecular flexibility index (Phi) is 8.09. The summed E-state index contributed by atoms with van der Waals surface area (Å²) in [6.45, 7) is 3.94. The van der Waals surface area contributed by atoms with Crippen LogP contribution in [0.2, 0.25) is 0 Å². The van der Waals surface area contributed by atoms with Crippen molar-refractivity contribution < 1.29 is 24.9 Å². The average molecular weight is 392 g/mol. The number of rotatable bonds is 10.